The highest BCUT2D eigenvalue weighted by molar-refractivity contribution is 6.13. The van der Waals surface area contributed by atoms with Crippen LogP contribution in [0.4, 0.5) is 0 Å². The number of hydrogen-bond donors (Lipinski definition) is 0. The van der Waals surface area contributed by atoms with Gasteiger partial charge >= 0.3 is 0 Å². The third-order valence-corrected chi connectivity index (χ3v) is 10.7. The van der Waals surface area contributed by atoms with Gasteiger partial charge in [-0.15, -0.1) is 0 Å². The maximum absolute atomic E-state index is 6.54. The lowest BCUT2D eigenvalue weighted by molar-refractivity contribution is 0.669. The minimum absolute atomic E-state index is 0.578. The van der Waals surface area contributed by atoms with E-state index in [0.29, 0.717) is 17.5 Å². The zero-order valence-corrected chi connectivity index (χ0v) is 29.8. The summed E-state index contributed by atoms with van der Waals surface area (Å²) in [6.45, 7) is 0. The average molecular weight is 720 g/mol. The fraction of sp³-hybridized carbons (Fsp3) is 0. The van der Waals surface area contributed by atoms with Crippen LogP contribution >= 0.6 is 0 Å². The summed E-state index contributed by atoms with van der Waals surface area (Å²) in [7, 11) is 0. The minimum atomic E-state index is 0.578. The maximum Gasteiger partial charge on any atom is 0.221 e. The van der Waals surface area contributed by atoms with E-state index >= 15 is 0 Å². The normalized spacial score (nSPS) is 11.9. The van der Waals surface area contributed by atoms with Gasteiger partial charge in [0.1, 0.15) is 16.7 Å². The summed E-state index contributed by atoms with van der Waals surface area (Å²) in [4.78, 5) is 20.5. The van der Waals surface area contributed by atoms with Crippen LogP contribution in [0.15, 0.2) is 180 Å². The quantitative estimate of drug-likeness (QED) is 0.177. The van der Waals surface area contributed by atoms with E-state index in [-0.39, 0.29) is 0 Å². The first-order chi connectivity index (χ1) is 27.8. The number of furan rings is 1. The third kappa shape index (κ3) is 4.47. The van der Waals surface area contributed by atoms with E-state index in [9.17, 15) is 0 Å². The molecule has 0 saturated carbocycles. The molecule has 12 aromatic rings. The minimum Gasteiger partial charge on any atom is -0.456 e. The van der Waals surface area contributed by atoms with E-state index in [1.807, 2.05) is 72.8 Å². The van der Waals surface area contributed by atoms with Gasteiger partial charge < -0.3 is 4.42 Å². The number of aromatic nitrogens is 7. The number of nitrogens with zero attached hydrogens (tertiary/aromatic N) is 7. The van der Waals surface area contributed by atoms with E-state index in [2.05, 4.69) is 117 Å². The second-order valence-electron chi connectivity index (χ2n) is 13.9. The van der Waals surface area contributed by atoms with Crippen LogP contribution in [0.3, 0.4) is 0 Å². The summed E-state index contributed by atoms with van der Waals surface area (Å²) < 4.78 is 13.4. The van der Waals surface area contributed by atoms with Crippen LogP contribution in [-0.2, 0) is 0 Å². The first kappa shape index (κ1) is 30.6. The Labute approximate surface area is 319 Å². The molecule has 0 aliphatic heterocycles. The SMILES string of the molecule is c1ccc(-c2nc(-c3ccccc3)nc(-c3cccc4oc5ccc(-n6c7ccccc7n7c6nc6c8ccccc8n(-c8ccccc8)c67)cc5c34)n2)cc1. The Kier molecular flexibility index (Phi) is 6.47. The van der Waals surface area contributed by atoms with Crippen molar-refractivity contribution in [1.29, 1.82) is 0 Å². The monoisotopic (exact) mass is 719 g/mol. The number of fused-ring (bicyclic) bond motifs is 10. The molecule has 8 heteroatoms. The van der Waals surface area contributed by atoms with Gasteiger partial charge in [-0.1, -0.05) is 121 Å². The zero-order valence-electron chi connectivity index (χ0n) is 29.8. The summed E-state index contributed by atoms with van der Waals surface area (Å²) in [5, 5.41) is 3.01. The molecule has 5 heterocycles. The maximum atomic E-state index is 6.54. The van der Waals surface area contributed by atoms with Crippen molar-refractivity contribution in [3.63, 3.8) is 0 Å². The van der Waals surface area contributed by atoms with Crippen molar-refractivity contribution >= 4 is 60.8 Å². The molecule has 0 aliphatic carbocycles. The van der Waals surface area contributed by atoms with Gasteiger partial charge in [0.2, 0.25) is 5.78 Å². The molecule has 0 unspecified atom stereocenters. The highest BCUT2D eigenvalue weighted by atomic mass is 16.3. The van der Waals surface area contributed by atoms with Crippen molar-refractivity contribution in [2.24, 2.45) is 0 Å². The molecule has 0 spiro atoms. The average Bonchev–Trinajstić information content (AvgIpc) is 4.00. The van der Waals surface area contributed by atoms with Crippen molar-refractivity contribution in [2.45, 2.75) is 0 Å². The van der Waals surface area contributed by atoms with Gasteiger partial charge in [0, 0.05) is 38.5 Å². The molecule has 0 amide bonds. The predicted molar refractivity (Wildman–Crippen MR) is 223 cm³/mol. The van der Waals surface area contributed by atoms with Crippen LogP contribution in [0.2, 0.25) is 0 Å². The predicted octanol–water partition coefficient (Wildman–Crippen LogP) is 11.5. The van der Waals surface area contributed by atoms with Crippen LogP contribution in [0, 0.1) is 0 Å². The Hall–Kier alpha value is -7.84. The van der Waals surface area contributed by atoms with E-state index in [1.54, 1.807) is 0 Å². The molecule has 0 bridgehead atoms. The van der Waals surface area contributed by atoms with E-state index < -0.39 is 0 Å². The number of benzene rings is 7. The molecule has 7 aromatic carbocycles. The molecular weight excluding hydrogens is 691 g/mol. The fourth-order valence-corrected chi connectivity index (χ4v) is 8.25. The number of rotatable bonds is 5. The molecule has 0 aliphatic rings. The summed E-state index contributed by atoms with van der Waals surface area (Å²) in [6, 6.07) is 60.1. The van der Waals surface area contributed by atoms with Crippen LogP contribution in [0.25, 0.3) is 106 Å². The Bertz CT molecular complexity index is 3410. The topological polar surface area (TPSA) is 79.0 Å². The third-order valence-electron chi connectivity index (χ3n) is 10.7. The summed E-state index contributed by atoms with van der Waals surface area (Å²) in [5.41, 5.74) is 11.5. The Balaban J connectivity index is 1.12. The molecule has 12 rings (SSSR count). The molecule has 262 valence electrons. The smallest absolute Gasteiger partial charge is 0.221 e. The van der Waals surface area contributed by atoms with E-state index in [1.165, 1.54) is 0 Å². The first-order valence-corrected chi connectivity index (χ1v) is 18.6. The van der Waals surface area contributed by atoms with Gasteiger partial charge in [-0.3, -0.25) is 13.5 Å². The Morgan fingerprint density at radius 3 is 1.77 bits per heavy atom. The summed E-state index contributed by atoms with van der Waals surface area (Å²) >= 11 is 0. The van der Waals surface area contributed by atoms with Crippen molar-refractivity contribution in [2.75, 3.05) is 0 Å². The molecule has 8 nitrogen and oxygen atoms in total. The van der Waals surface area contributed by atoms with Crippen molar-refractivity contribution in [3.8, 4) is 45.5 Å². The number of imidazole rings is 2. The van der Waals surface area contributed by atoms with Gasteiger partial charge in [0.05, 0.1) is 22.2 Å². The molecule has 5 aromatic heterocycles. The summed E-state index contributed by atoms with van der Waals surface area (Å²) in [6.07, 6.45) is 0. The second-order valence-corrected chi connectivity index (χ2v) is 13.9. The van der Waals surface area contributed by atoms with Crippen molar-refractivity contribution < 1.29 is 4.42 Å². The molecule has 0 fully saturated rings. The highest BCUT2D eigenvalue weighted by Gasteiger charge is 2.24. The van der Waals surface area contributed by atoms with Crippen molar-refractivity contribution in [3.05, 3.63) is 176 Å². The van der Waals surface area contributed by atoms with Crippen LogP contribution < -0.4 is 0 Å². The lowest BCUT2D eigenvalue weighted by atomic mass is 10.0. The molecule has 0 N–H and O–H groups in total. The van der Waals surface area contributed by atoms with Crippen LogP contribution in [0.5, 0.6) is 0 Å². The highest BCUT2D eigenvalue weighted by Crippen LogP contribution is 2.40. The molecule has 0 radical (unpaired) electrons. The first-order valence-electron chi connectivity index (χ1n) is 18.6. The molecule has 0 saturated heterocycles. The lowest BCUT2D eigenvalue weighted by Crippen LogP contribution is -2.00. The fourth-order valence-electron chi connectivity index (χ4n) is 8.25. The Morgan fingerprint density at radius 2 is 1.04 bits per heavy atom. The van der Waals surface area contributed by atoms with E-state index in [0.717, 1.165) is 88.9 Å². The van der Waals surface area contributed by atoms with Gasteiger partial charge in [-0.05, 0) is 54.6 Å². The van der Waals surface area contributed by atoms with Crippen LogP contribution in [0.1, 0.15) is 0 Å². The van der Waals surface area contributed by atoms with Gasteiger partial charge in [-0.2, -0.15) is 0 Å². The standard InChI is InChI=1S/C48H29N7O/c1-4-15-30(16-5-1)44-50-45(31-17-6-2-7-18-31)52-46(51-44)35-22-14-26-41-42(35)36-29-33(27-28-40(36)56-41)54-38-24-12-13-25-39(38)55-47-43(49-48(54)55)34-21-10-11-23-37(34)53(47)32-19-8-3-9-20-32/h1-29H. The zero-order chi connectivity index (χ0) is 36.7. The second kappa shape index (κ2) is 11.8. The van der Waals surface area contributed by atoms with Crippen molar-refractivity contribution in [1.82, 2.24) is 33.5 Å². The van der Waals surface area contributed by atoms with Crippen LogP contribution in [-0.4, -0.2) is 33.5 Å². The lowest BCUT2D eigenvalue weighted by Gasteiger charge is -2.09. The summed E-state index contributed by atoms with van der Waals surface area (Å²) in [5.74, 6) is 2.63. The Morgan fingerprint density at radius 1 is 0.411 bits per heavy atom. The van der Waals surface area contributed by atoms with E-state index in [4.69, 9.17) is 24.4 Å². The molecular formula is C48H29N7O. The largest absolute Gasteiger partial charge is 0.456 e. The number of para-hydroxylation sites is 4. The molecule has 0 atom stereocenters. The van der Waals surface area contributed by atoms with Gasteiger partial charge in [-0.25, -0.2) is 19.9 Å². The van der Waals surface area contributed by atoms with Gasteiger partial charge in [0.15, 0.2) is 23.1 Å². The molecule has 56 heavy (non-hydrogen) atoms. The van der Waals surface area contributed by atoms with Gasteiger partial charge in [0.25, 0.3) is 0 Å². The number of hydrogen-bond acceptors (Lipinski definition) is 5.